The SMILES string of the molecule is CCc1cc(-c2noc(CCCCc3ccccc3)n2)ccc1CNCCCO[P+](=O)OCCCNCc1ccc(-c2noc(CCCCc3ccccc3)n2)cc1CC. The van der Waals surface area contributed by atoms with Crippen LogP contribution in [0.1, 0.15) is 97.5 Å². The van der Waals surface area contributed by atoms with Gasteiger partial charge in [0, 0.05) is 41.6 Å². The molecule has 4 aromatic carbocycles. The highest BCUT2D eigenvalue weighted by molar-refractivity contribution is 7.33. The summed E-state index contributed by atoms with van der Waals surface area (Å²) in [6.45, 7) is 7.98. The Hall–Kier alpha value is -4.90. The Morgan fingerprint density at radius 3 is 1.40 bits per heavy atom. The zero-order valence-corrected chi connectivity index (χ0v) is 36.1. The van der Waals surface area contributed by atoms with Crippen LogP contribution in [-0.4, -0.2) is 46.6 Å². The van der Waals surface area contributed by atoms with E-state index in [1.54, 1.807) is 0 Å². The summed E-state index contributed by atoms with van der Waals surface area (Å²) in [5.74, 6) is 2.64. The summed E-state index contributed by atoms with van der Waals surface area (Å²) < 4.78 is 34.3. The van der Waals surface area contributed by atoms with Crippen LogP contribution in [0.15, 0.2) is 106 Å². The lowest BCUT2D eigenvalue weighted by Crippen LogP contribution is -2.17. The minimum Gasteiger partial charge on any atom is -0.339 e. The molecule has 2 heterocycles. The molecule has 0 aliphatic carbocycles. The molecule has 0 unspecified atom stereocenters. The first kappa shape index (κ1) is 44.6. The Morgan fingerprint density at radius 1 is 0.533 bits per heavy atom. The average molecular weight is 832 g/mol. The molecular formula is C48H60N6O5P+. The maximum absolute atomic E-state index is 12.3. The van der Waals surface area contributed by atoms with Crippen LogP contribution in [0, 0.1) is 0 Å². The van der Waals surface area contributed by atoms with Gasteiger partial charge in [-0.15, -0.1) is 9.05 Å². The summed E-state index contributed by atoms with van der Waals surface area (Å²) in [6.07, 6.45) is 11.1. The van der Waals surface area contributed by atoms with Gasteiger partial charge in [-0.05, 0) is 123 Å². The van der Waals surface area contributed by atoms with Crippen molar-refractivity contribution in [2.75, 3.05) is 26.3 Å². The summed E-state index contributed by atoms with van der Waals surface area (Å²) in [6, 6.07) is 33.8. The van der Waals surface area contributed by atoms with E-state index in [0.29, 0.717) is 36.6 Å². The highest BCUT2D eigenvalue weighted by atomic mass is 31.1. The number of unbranched alkanes of at least 4 members (excludes halogenated alkanes) is 2. The first-order chi connectivity index (χ1) is 29.6. The number of nitrogens with zero attached hydrogens (tertiary/aromatic N) is 4. The molecule has 0 radical (unpaired) electrons. The Labute approximate surface area is 356 Å². The molecule has 6 aromatic rings. The van der Waals surface area contributed by atoms with Crippen molar-refractivity contribution < 1.29 is 22.7 Å². The molecule has 0 aliphatic rings. The molecule has 2 aromatic heterocycles. The second-order valence-electron chi connectivity index (χ2n) is 15.0. The van der Waals surface area contributed by atoms with E-state index in [2.05, 4.69) is 130 Å². The van der Waals surface area contributed by atoms with Crippen LogP contribution < -0.4 is 10.6 Å². The molecule has 12 heteroatoms. The molecule has 0 atom stereocenters. The molecule has 0 saturated heterocycles. The summed E-state index contributed by atoms with van der Waals surface area (Å²) in [4.78, 5) is 9.32. The standard InChI is InChI=1S/C48H60N6O5P/c1-3-39-33-41(47-51-45(58-53-47)23-13-11-21-37-17-7-5-8-18-37)25-27-43(39)35-49-29-15-31-56-60(55)57-32-16-30-50-36-44-28-26-42(34-40(44)4-2)48-52-46(59-54-48)24-14-12-22-38-19-9-6-10-20-38/h5-10,17-20,25-28,33-34,49-50H,3-4,11-16,21-24,29-32,35-36H2,1-2H3/q+1. The summed E-state index contributed by atoms with van der Waals surface area (Å²) >= 11 is 0. The number of hydrogen-bond acceptors (Lipinski definition) is 11. The van der Waals surface area contributed by atoms with E-state index in [9.17, 15) is 4.57 Å². The van der Waals surface area contributed by atoms with E-state index in [4.69, 9.17) is 18.1 Å². The summed E-state index contributed by atoms with van der Waals surface area (Å²) in [5.41, 5.74) is 9.61. The molecule has 316 valence electrons. The van der Waals surface area contributed by atoms with Crippen molar-refractivity contribution in [3.05, 3.63) is 142 Å². The number of nitrogens with one attached hydrogen (secondary N) is 2. The first-order valence-electron chi connectivity index (χ1n) is 21.7. The number of aryl methyl sites for hydroxylation is 6. The molecule has 0 fully saturated rings. The molecule has 2 N–H and O–H groups in total. The number of benzene rings is 4. The predicted molar refractivity (Wildman–Crippen MR) is 237 cm³/mol. The van der Waals surface area contributed by atoms with Gasteiger partial charge in [-0.25, -0.2) is 0 Å². The van der Waals surface area contributed by atoms with Crippen LogP contribution in [0.3, 0.4) is 0 Å². The third kappa shape index (κ3) is 14.7. The Balaban J connectivity index is 0.798. The van der Waals surface area contributed by atoms with Crippen molar-refractivity contribution in [1.82, 2.24) is 30.9 Å². The van der Waals surface area contributed by atoms with Crippen molar-refractivity contribution >= 4 is 8.25 Å². The predicted octanol–water partition coefficient (Wildman–Crippen LogP) is 10.4. The van der Waals surface area contributed by atoms with Gasteiger partial charge in [-0.3, -0.25) is 0 Å². The van der Waals surface area contributed by atoms with Gasteiger partial charge in [0.1, 0.15) is 13.2 Å². The van der Waals surface area contributed by atoms with Gasteiger partial charge in [0.25, 0.3) is 0 Å². The van der Waals surface area contributed by atoms with Gasteiger partial charge in [-0.2, -0.15) is 9.97 Å². The fourth-order valence-electron chi connectivity index (χ4n) is 7.14. The highest BCUT2D eigenvalue weighted by Crippen LogP contribution is 2.25. The Kier molecular flexibility index (Phi) is 18.6. The Morgan fingerprint density at radius 2 is 0.967 bits per heavy atom. The molecular weight excluding hydrogens is 772 g/mol. The third-order valence-electron chi connectivity index (χ3n) is 10.5. The lowest BCUT2D eigenvalue weighted by molar-refractivity contribution is 0.220. The van der Waals surface area contributed by atoms with Crippen LogP contribution in [-0.2, 0) is 65.2 Å². The van der Waals surface area contributed by atoms with Gasteiger partial charge in [0.2, 0.25) is 23.4 Å². The van der Waals surface area contributed by atoms with Crippen LogP contribution in [0.5, 0.6) is 0 Å². The van der Waals surface area contributed by atoms with Crippen molar-refractivity contribution in [2.45, 2.75) is 104 Å². The largest absolute Gasteiger partial charge is 0.697 e. The summed E-state index contributed by atoms with van der Waals surface area (Å²) in [7, 11) is -2.15. The maximum Gasteiger partial charge on any atom is 0.697 e. The van der Waals surface area contributed by atoms with Gasteiger partial charge >= 0.3 is 8.25 Å². The van der Waals surface area contributed by atoms with Gasteiger partial charge in [0.05, 0.1) is 0 Å². The Bertz CT molecular complexity index is 2010. The highest BCUT2D eigenvalue weighted by Gasteiger charge is 2.19. The number of hydrogen-bond donors (Lipinski definition) is 2. The minimum absolute atomic E-state index is 0.363. The molecule has 6 rings (SSSR count). The van der Waals surface area contributed by atoms with Crippen molar-refractivity contribution in [1.29, 1.82) is 0 Å². The van der Waals surface area contributed by atoms with E-state index >= 15 is 0 Å². The topological polar surface area (TPSA) is 137 Å². The van der Waals surface area contributed by atoms with E-state index in [1.807, 2.05) is 12.1 Å². The fraction of sp³-hybridized carbons (Fsp3) is 0.417. The van der Waals surface area contributed by atoms with Gasteiger partial charge in [0.15, 0.2) is 0 Å². The molecule has 0 bridgehead atoms. The van der Waals surface area contributed by atoms with E-state index in [1.165, 1.54) is 33.4 Å². The van der Waals surface area contributed by atoms with Gasteiger partial charge < -0.3 is 19.7 Å². The quantitative estimate of drug-likeness (QED) is 0.0361. The molecule has 0 aliphatic heterocycles. The molecule has 0 saturated carbocycles. The fourth-order valence-corrected chi connectivity index (χ4v) is 7.77. The molecule has 0 amide bonds. The number of aromatic nitrogens is 4. The first-order valence-corrected chi connectivity index (χ1v) is 22.8. The van der Waals surface area contributed by atoms with Crippen LogP contribution in [0.25, 0.3) is 22.8 Å². The monoisotopic (exact) mass is 831 g/mol. The van der Waals surface area contributed by atoms with E-state index < -0.39 is 8.25 Å². The normalized spacial score (nSPS) is 11.4. The van der Waals surface area contributed by atoms with Crippen molar-refractivity contribution in [3.8, 4) is 22.8 Å². The molecule has 0 spiro atoms. The maximum atomic E-state index is 12.3. The van der Waals surface area contributed by atoms with Crippen LogP contribution in [0.4, 0.5) is 0 Å². The zero-order chi connectivity index (χ0) is 41.6. The summed E-state index contributed by atoms with van der Waals surface area (Å²) in [5, 5.41) is 15.5. The zero-order valence-electron chi connectivity index (χ0n) is 35.2. The smallest absolute Gasteiger partial charge is 0.339 e. The van der Waals surface area contributed by atoms with E-state index in [0.717, 1.165) is 114 Å². The lowest BCUT2D eigenvalue weighted by atomic mass is 10.0. The molecule has 60 heavy (non-hydrogen) atoms. The average Bonchev–Trinajstić information content (AvgIpc) is 3.98. The van der Waals surface area contributed by atoms with E-state index in [-0.39, 0.29) is 0 Å². The van der Waals surface area contributed by atoms with Crippen LogP contribution >= 0.6 is 8.25 Å². The number of rotatable bonds is 28. The lowest BCUT2D eigenvalue weighted by Gasteiger charge is -2.10. The van der Waals surface area contributed by atoms with Crippen LogP contribution in [0.2, 0.25) is 0 Å². The van der Waals surface area contributed by atoms with Gasteiger partial charge in [-0.1, -0.05) is 109 Å². The molecule has 11 nitrogen and oxygen atoms in total. The second-order valence-corrected chi connectivity index (χ2v) is 16.0. The second kappa shape index (κ2) is 25.0. The third-order valence-corrected chi connectivity index (χ3v) is 11.3. The van der Waals surface area contributed by atoms with Crippen molar-refractivity contribution in [3.63, 3.8) is 0 Å². The minimum atomic E-state index is -2.15. The van der Waals surface area contributed by atoms with Crippen molar-refractivity contribution in [2.24, 2.45) is 0 Å².